The second kappa shape index (κ2) is 41.3. The third kappa shape index (κ3) is 33.5. The summed E-state index contributed by atoms with van der Waals surface area (Å²) in [5.74, 6) is -1.10. The molecule has 65 heavy (non-hydrogen) atoms. The lowest BCUT2D eigenvalue weighted by Crippen LogP contribution is -2.64. The molecule has 14 heteroatoms. The number of unbranched alkanes of at least 4 members (excludes halogenated alkanes) is 28. The molecule has 0 aromatic heterocycles. The number of hydrogen-bond donors (Lipinski definition) is 6. The van der Waals surface area contributed by atoms with Crippen LogP contribution in [0.3, 0.4) is 0 Å². The van der Waals surface area contributed by atoms with E-state index in [1.165, 1.54) is 128 Å². The Balaban J connectivity index is 2.36. The molecule has 0 amide bonds. The minimum Gasteiger partial charge on any atom is -0.462 e. The van der Waals surface area contributed by atoms with Gasteiger partial charge in [-0.15, -0.1) is 0 Å². The predicted molar refractivity (Wildman–Crippen MR) is 258 cm³/mol. The molecule has 0 radical (unpaired) electrons. The quantitative estimate of drug-likeness (QED) is 0.0146. The molecule has 1 saturated carbocycles. The first-order valence-corrected chi connectivity index (χ1v) is 27.6. The maximum atomic E-state index is 12.8. The van der Waals surface area contributed by atoms with Crippen molar-refractivity contribution in [2.75, 3.05) is 13.2 Å². The Labute approximate surface area is 394 Å². The molecule has 382 valence electrons. The smallest absolute Gasteiger partial charge is 0.462 e. The van der Waals surface area contributed by atoms with Crippen molar-refractivity contribution < 1.29 is 63.1 Å². The highest BCUT2D eigenvalue weighted by atomic mass is 31.2. The fraction of sp³-hybridized carbons (Fsp3) is 0.882. The first kappa shape index (κ1) is 61.3. The van der Waals surface area contributed by atoms with Crippen LogP contribution in [0.2, 0.25) is 0 Å². The molecule has 13 nitrogen and oxygen atoms in total. The number of allylic oxidation sites excluding steroid dienone is 4. The molecule has 0 aromatic rings. The fourth-order valence-corrected chi connectivity index (χ4v) is 9.02. The Morgan fingerprint density at radius 2 is 0.785 bits per heavy atom. The van der Waals surface area contributed by atoms with Crippen LogP contribution in [0, 0.1) is 0 Å². The zero-order valence-electron chi connectivity index (χ0n) is 40.8. The predicted octanol–water partition coefficient (Wildman–Crippen LogP) is 11.2. The summed E-state index contributed by atoms with van der Waals surface area (Å²) in [4.78, 5) is 35.8. The summed E-state index contributed by atoms with van der Waals surface area (Å²) in [5, 5.41) is 50.2. The number of esters is 2. The molecular weight excluding hydrogens is 852 g/mol. The molecule has 1 aliphatic rings. The third-order valence-electron chi connectivity index (χ3n) is 12.3. The van der Waals surface area contributed by atoms with Gasteiger partial charge in [-0.2, -0.15) is 0 Å². The van der Waals surface area contributed by atoms with Crippen molar-refractivity contribution in [3.8, 4) is 0 Å². The van der Waals surface area contributed by atoms with E-state index in [9.17, 15) is 44.6 Å². The van der Waals surface area contributed by atoms with Crippen molar-refractivity contribution in [2.45, 2.75) is 275 Å². The summed E-state index contributed by atoms with van der Waals surface area (Å²) in [6, 6.07) is 0. The number of carbonyl (C=O) groups is 2. The molecule has 0 spiro atoms. The molecular formula is C51H95O13P. The lowest BCUT2D eigenvalue weighted by atomic mass is 9.85. The maximum Gasteiger partial charge on any atom is 0.472 e. The first-order chi connectivity index (χ1) is 31.4. The van der Waals surface area contributed by atoms with Crippen LogP contribution in [0.25, 0.3) is 0 Å². The van der Waals surface area contributed by atoms with Crippen LogP contribution in [-0.2, 0) is 32.7 Å². The van der Waals surface area contributed by atoms with Crippen LogP contribution in [0.15, 0.2) is 24.3 Å². The maximum absolute atomic E-state index is 12.8. The Kier molecular flexibility index (Phi) is 39.0. The zero-order valence-corrected chi connectivity index (χ0v) is 41.7. The highest BCUT2D eigenvalue weighted by Gasteiger charge is 2.51. The largest absolute Gasteiger partial charge is 0.472 e. The Morgan fingerprint density at radius 1 is 0.462 bits per heavy atom. The lowest BCUT2D eigenvalue weighted by molar-refractivity contribution is -0.220. The Morgan fingerprint density at radius 3 is 1.18 bits per heavy atom. The van der Waals surface area contributed by atoms with Gasteiger partial charge >= 0.3 is 19.8 Å². The summed E-state index contributed by atoms with van der Waals surface area (Å²) < 4.78 is 33.6. The number of phosphoric ester groups is 1. The van der Waals surface area contributed by atoms with Crippen LogP contribution < -0.4 is 0 Å². The van der Waals surface area contributed by atoms with Crippen molar-refractivity contribution in [3.63, 3.8) is 0 Å². The molecule has 0 aromatic carbocycles. The molecule has 0 heterocycles. The summed E-state index contributed by atoms with van der Waals surface area (Å²) in [5.41, 5.74) is 0. The molecule has 6 unspecified atom stereocenters. The number of hydrogen-bond acceptors (Lipinski definition) is 12. The Bertz CT molecular complexity index is 1230. The van der Waals surface area contributed by atoms with Gasteiger partial charge in [-0.25, -0.2) is 4.57 Å². The van der Waals surface area contributed by atoms with Gasteiger partial charge in [0.2, 0.25) is 0 Å². The van der Waals surface area contributed by atoms with Crippen LogP contribution >= 0.6 is 7.82 Å². The normalized spacial score (nSPS) is 21.5. The van der Waals surface area contributed by atoms with E-state index in [4.69, 9.17) is 18.5 Å². The molecule has 1 rings (SSSR count). The van der Waals surface area contributed by atoms with Crippen molar-refractivity contribution in [1.29, 1.82) is 0 Å². The van der Waals surface area contributed by atoms with E-state index < -0.39 is 75.7 Å². The van der Waals surface area contributed by atoms with E-state index >= 15 is 0 Å². The average molecular weight is 947 g/mol. The van der Waals surface area contributed by atoms with E-state index in [2.05, 4.69) is 38.2 Å². The topological polar surface area (TPSA) is 210 Å². The second-order valence-electron chi connectivity index (χ2n) is 18.4. The number of ether oxygens (including phenoxy) is 2. The number of carbonyl (C=O) groups excluding carboxylic acids is 2. The highest BCUT2D eigenvalue weighted by molar-refractivity contribution is 7.47. The highest BCUT2D eigenvalue weighted by Crippen LogP contribution is 2.47. The minimum absolute atomic E-state index is 0.0967. The molecule has 6 atom stereocenters. The van der Waals surface area contributed by atoms with Gasteiger partial charge in [0.05, 0.1) is 6.61 Å². The van der Waals surface area contributed by atoms with Crippen LogP contribution in [0.1, 0.15) is 232 Å². The third-order valence-corrected chi connectivity index (χ3v) is 13.3. The van der Waals surface area contributed by atoms with E-state index in [0.717, 1.165) is 64.2 Å². The van der Waals surface area contributed by atoms with E-state index in [1.807, 2.05) is 0 Å². The standard InChI is InChI=1S/C51H95O13P/c1-3-5-7-9-11-13-15-17-18-19-20-21-22-23-24-25-26-28-30-32-34-36-38-40-45(53)63-43(42-62-65(59,60)64-51-49(57)47(55)46(54)48(56)50(51)58)41-61-44(52)39-37-35-33-31-29-27-16-14-12-10-8-6-4-2/h14,16,19-20,43,46-51,54-58H,3-13,15,17-18,21-42H2,1-2H3,(H,59,60)/b16-14-,20-19-. The van der Waals surface area contributed by atoms with Gasteiger partial charge in [0.15, 0.2) is 6.10 Å². The van der Waals surface area contributed by atoms with Crippen LogP contribution in [0.5, 0.6) is 0 Å². The zero-order chi connectivity index (χ0) is 47.8. The fourth-order valence-electron chi connectivity index (χ4n) is 8.04. The van der Waals surface area contributed by atoms with Gasteiger partial charge in [0.25, 0.3) is 0 Å². The first-order valence-electron chi connectivity index (χ1n) is 26.1. The van der Waals surface area contributed by atoms with Gasteiger partial charge < -0.3 is 39.9 Å². The summed E-state index contributed by atoms with van der Waals surface area (Å²) in [7, 11) is -5.12. The van der Waals surface area contributed by atoms with Gasteiger partial charge in [-0.1, -0.05) is 179 Å². The van der Waals surface area contributed by atoms with Crippen molar-refractivity contribution in [2.24, 2.45) is 0 Å². The number of aliphatic hydroxyl groups is 5. The molecule has 0 saturated heterocycles. The van der Waals surface area contributed by atoms with E-state index in [0.29, 0.717) is 12.8 Å². The molecule has 0 aliphatic heterocycles. The van der Waals surface area contributed by atoms with Gasteiger partial charge in [-0.05, 0) is 64.2 Å². The lowest BCUT2D eigenvalue weighted by Gasteiger charge is -2.41. The molecule has 1 fully saturated rings. The van der Waals surface area contributed by atoms with E-state index in [1.54, 1.807) is 0 Å². The van der Waals surface area contributed by atoms with Crippen LogP contribution in [0.4, 0.5) is 0 Å². The second-order valence-corrected chi connectivity index (χ2v) is 19.8. The molecule has 6 N–H and O–H groups in total. The molecule has 0 bridgehead atoms. The summed E-state index contributed by atoms with van der Waals surface area (Å²) >= 11 is 0. The van der Waals surface area contributed by atoms with Gasteiger partial charge in [0.1, 0.15) is 43.2 Å². The number of aliphatic hydroxyl groups excluding tert-OH is 5. The van der Waals surface area contributed by atoms with Crippen molar-refractivity contribution >= 4 is 19.8 Å². The summed E-state index contributed by atoms with van der Waals surface area (Å²) in [6.45, 7) is 3.30. The number of rotatable bonds is 44. The summed E-state index contributed by atoms with van der Waals surface area (Å²) in [6.07, 6.45) is 33.8. The number of phosphoric acid groups is 1. The monoisotopic (exact) mass is 947 g/mol. The van der Waals surface area contributed by atoms with Crippen molar-refractivity contribution in [1.82, 2.24) is 0 Å². The molecule has 1 aliphatic carbocycles. The van der Waals surface area contributed by atoms with Gasteiger partial charge in [-0.3, -0.25) is 18.6 Å². The SMILES string of the molecule is CCCCCC/C=C\CCCCCCCC(=O)OCC(COP(=O)(O)OC1C(O)C(O)C(O)C(O)C1O)OC(=O)CCCCCCCCCCCCC/C=C\CCCCCCCCCC. The van der Waals surface area contributed by atoms with Crippen molar-refractivity contribution in [3.05, 3.63) is 24.3 Å². The van der Waals surface area contributed by atoms with E-state index in [-0.39, 0.29) is 12.8 Å². The average Bonchev–Trinajstić information content (AvgIpc) is 3.29. The van der Waals surface area contributed by atoms with Gasteiger partial charge in [0, 0.05) is 12.8 Å². The minimum atomic E-state index is -5.12. The Hall–Kier alpha value is -1.67. The van der Waals surface area contributed by atoms with Crippen LogP contribution in [-0.4, -0.2) is 98.3 Å².